The van der Waals surface area contributed by atoms with E-state index in [0.29, 0.717) is 26.2 Å². The number of piperidine rings is 2. The molecule has 4 aliphatic rings. The molecule has 0 saturated carbocycles. The van der Waals surface area contributed by atoms with Crippen molar-refractivity contribution in [1.29, 1.82) is 0 Å². The van der Waals surface area contributed by atoms with Gasteiger partial charge >= 0.3 is 6.03 Å². The van der Waals surface area contributed by atoms with Gasteiger partial charge in [-0.2, -0.15) is 0 Å². The Morgan fingerprint density at radius 1 is 0.818 bits per heavy atom. The normalized spacial score (nSPS) is 23.7. The molecule has 0 aliphatic carbocycles. The third-order valence-electron chi connectivity index (χ3n) is 6.97. The van der Waals surface area contributed by atoms with Gasteiger partial charge in [-0.15, -0.1) is 0 Å². The third-order valence-corrected chi connectivity index (χ3v) is 6.97. The van der Waals surface area contributed by atoms with Gasteiger partial charge in [0.15, 0.2) is 0 Å². The maximum atomic E-state index is 13.0. The molecule has 174 valence electrons. The number of hydrogen-bond acceptors (Lipinski definition) is 6. The molecule has 4 aliphatic heterocycles. The van der Waals surface area contributed by atoms with Gasteiger partial charge in [0.1, 0.15) is 6.04 Å². The number of carbonyl (C=O) groups is 5. The van der Waals surface area contributed by atoms with Crippen molar-refractivity contribution in [3.63, 3.8) is 0 Å². The monoisotopic (exact) mass is 453 g/mol. The Labute approximate surface area is 191 Å². The Morgan fingerprint density at radius 3 is 2.18 bits per heavy atom. The SMILES string of the molecule is O=C1CCC(N2C(=O)c3ccc(N4CCN(C(=O)N5CCCCC5)CC4)cc3C2=O)C(=O)N1. The molecule has 1 aromatic carbocycles. The highest BCUT2D eigenvalue weighted by atomic mass is 16.2. The number of anilines is 1. The highest BCUT2D eigenvalue weighted by Crippen LogP contribution is 2.31. The summed E-state index contributed by atoms with van der Waals surface area (Å²) in [7, 11) is 0. The molecule has 1 unspecified atom stereocenters. The number of carbonyl (C=O) groups excluding carboxylic acids is 5. The molecular weight excluding hydrogens is 426 g/mol. The van der Waals surface area contributed by atoms with Crippen LogP contribution in [0, 0.1) is 0 Å². The fourth-order valence-electron chi connectivity index (χ4n) is 5.10. The van der Waals surface area contributed by atoms with Gasteiger partial charge in [-0.05, 0) is 43.9 Å². The van der Waals surface area contributed by atoms with E-state index in [0.717, 1.165) is 36.5 Å². The van der Waals surface area contributed by atoms with Gasteiger partial charge in [-0.1, -0.05) is 0 Å². The van der Waals surface area contributed by atoms with Crippen molar-refractivity contribution in [2.75, 3.05) is 44.2 Å². The van der Waals surface area contributed by atoms with E-state index >= 15 is 0 Å². The van der Waals surface area contributed by atoms with Crippen molar-refractivity contribution in [2.24, 2.45) is 0 Å². The van der Waals surface area contributed by atoms with Crippen molar-refractivity contribution in [2.45, 2.75) is 38.1 Å². The van der Waals surface area contributed by atoms with E-state index in [1.165, 1.54) is 6.42 Å². The standard InChI is InChI=1S/C23H27N5O5/c29-19-7-6-18(20(30)24-19)28-21(31)16-5-4-15(14-17(16)22(28)32)25-10-12-27(13-11-25)23(33)26-8-2-1-3-9-26/h4-5,14,18H,1-3,6-13H2,(H,24,29,30). The Bertz CT molecular complexity index is 1030. The van der Waals surface area contributed by atoms with Crippen LogP contribution in [0.2, 0.25) is 0 Å². The number of fused-ring (bicyclic) bond motifs is 1. The second kappa shape index (κ2) is 8.49. The number of urea groups is 1. The molecule has 10 heteroatoms. The molecule has 1 atom stereocenters. The lowest BCUT2D eigenvalue weighted by Gasteiger charge is -2.39. The summed E-state index contributed by atoms with van der Waals surface area (Å²) in [5.41, 5.74) is 1.35. The fourth-order valence-corrected chi connectivity index (χ4v) is 5.10. The summed E-state index contributed by atoms with van der Waals surface area (Å²) >= 11 is 0. The average molecular weight is 453 g/mol. The van der Waals surface area contributed by atoms with Crippen molar-refractivity contribution in [1.82, 2.24) is 20.0 Å². The minimum atomic E-state index is -0.970. The number of piperazine rings is 1. The number of nitrogens with zero attached hydrogens (tertiary/aromatic N) is 4. The van der Waals surface area contributed by atoms with E-state index < -0.39 is 29.7 Å². The quantitative estimate of drug-likeness (QED) is 0.664. The highest BCUT2D eigenvalue weighted by molar-refractivity contribution is 6.23. The number of likely N-dealkylation sites (tertiary alicyclic amines) is 1. The number of nitrogens with one attached hydrogen (secondary N) is 1. The van der Waals surface area contributed by atoms with Crippen LogP contribution in [-0.4, -0.2) is 89.7 Å². The van der Waals surface area contributed by atoms with Gasteiger partial charge in [0, 0.05) is 51.4 Å². The van der Waals surface area contributed by atoms with Crippen LogP contribution in [0.3, 0.4) is 0 Å². The Kier molecular flexibility index (Phi) is 5.51. The summed E-state index contributed by atoms with van der Waals surface area (Å²) in [6.45, 7) is 4.12. The van der Waals surface area contributed by atoms with Crippen molar-refractivity contribution >= 4 is 35.3 Å². The predicted octanol–water partition coefficient (Wildman–Crippen LogP) is 0.816. The molecule has 0 radical (unpaired) electrons. The van der Waals surface area contributed by atoms with E-state index in [1.807, 2.05) is 9.80 Å². The van der Waals surface area contributed by atoms with Crippen molar-refractivity contribution in [3.05, 3.63) is 29.3 Å². The molecule has 1 aromatic rings. The molecule has 0 spiro atoms. The van der Waals surface area contributed by atoms with Crippen LogP contribution in [0.25, 0.3) is 0 Å². The smallest absolute Gasteiger partial charge is 0.320 e. The van der Waals surface area contributed by atoms with E-state index in [4.69, 9.17) is 0 Å². The zero-order valence-electron chi connectivity index (χ0n) is 18.4. The van der Waals surface area contributed by atoms with E-state index in [9.17, 15) is 24.0 Å². The zero-order chi connectivity index (χ0) is 23.1. The molecule has 3 fully saturated rings. The maximum absolute atomic E-state index is 13.0. The lowest BCUT2D eigenvalue weighted by atomic mass is 10.0. The van der Waals surface area contributed by atoms with Crippen LogP contribution >= 0.6 is 0 Å². The molecule has 4 heterocycles. The molecule has 1 N–H and O–H groups in total. The van der Waals surface area contributed by atoms with Crippen LogP contribution in [0.1, 0.15) is 52.8 Å². The summed E-state index contributed by atoms with van der Waals surface area (Å²) < 4.78 is 0. The molecule has 33 heavy (non-hydrogen) atoms. The summed E-state index contributed by atoms with van der Waals surface area (Å²) in [5, 5.41) is 2.21. The predicted molar refractivity (Wildman–Crippen MR) is 118 cm³/mol. The van der Waals surface area contributed by atoms with Crippen molar-refractivity contribution < 1.29 is 24.0 Å². The highest BCUT2D eigenvalue weighted by Gasteiger charge is 2.44. The molecule has 5 rings (SSSR count). The second-order valence-electron chi connectivity index (χ2n) is 8.98. The van der Waals surface area contributed by atoms with Crippen LogP contribution in [0.5, 0.6) is 0 Å². The fraction of sp³-hybridized carbons (Fsp3) is 0.522. The van der Waals surface area contributed by atoms with Gasteiger partial charge in [-0.25, -0.2) is 4.79 Å². The van der Waals surface area contributed by atoms with Crippen LogP contribution < -0.4 is 10.2 Å². The number of amides is 6. The first-order valence-electron chi connectivity index (χ1n) is 11.6. The lowest BCUT2D eigenvalue weighted by Crippen LogP contribution is -2.54. The molecule has 6 amide bonds. The van der Waals surface area contributed by atoms with Gasteiger partial charge in [0.2, 0.25) is 11.8 Å². The Morgan fingerprint density at radius 2 is 1.48 bits per heavy atom. The molecule has 0 bridgehead atoms. The molecule has 10 nitrogen and oxygen atoms in total. The Hall–Kier alpha value is -3.43. The zero-order valence-corrected chi connectivity index (χ0v) is 18.4. The first-order valence-corrected chi connectivity index (χ1v) is 11.6. The molecule has 3 saturated heterocycles. The summed E-state index contributed by atoms with van der Waals surface area (Å²) in [4.78, 5) is 69.2. The molecule has 0 aromatic heterocycles. The number of benzene rings is 1. The summed E-state index contributed by atoms with van der Waals surface area (Å²) in [6.07, 6.45) is 3.52. The van der Waals surface area contributed by atoms with Crippen LogP contribution in [0.4, 0.5) is 10.5 Å². The van der Waals surface area contributed by atoms with Crippen molar-refractivity contribution in [3.8, 4) is 0 Å². The minimum absolute atomic E-state index is 0.0927. The van der Waals surface area contributed by atoms with Crippen LogP contribution in [-0.2, 0) is 9.59 Å². The van der Waals surface area contributed by atoms with Crippen LogP contribution in [0.15, 0.2) is 18.2 Å². The average Bonchev–Trinajstić information content (AvgIpc) is 3.09. The Balaban J connectivity index is 1.27. The third kappa shape index (κ3) is 3.83. The van der Waals surface area contributed by atoms with Gasteiger partial charge < -0.3 is 14.7 Å². The van der Waals surface area contributed by atoms with E-state index in [1.54, 1.807) is 18.2 Å². The van der Waals surface area contributed by atoms with Gasteiger partial charge in [-0.3, -0.25) is 29.4 Å². The van der Waals surface area contributed by atoms with Gasteiger partial charge in [0.25, 0.3) is 11.8 Å². The van der Waals surface area contributed by atoms with Gasteiger partial charge in [0.05, 0.1) is 11.1 Å². The minimum Gasteiger partial charge on any atom is -0.368 e. The second-order valence-corrected chi connectivity index (χ2v) is 8.98. The first kappa shape index (κ1) is 21.4. The maximum Gasteiger partial charge on any atom is 0.320 e. The number of imide groups is 2. The lowest BCUT2D eigenvalue weighted by molar-refractivity contribution is -0.136. The summed E-state index contributed by atoms with van der Waals surface area (Å²) in [6, 6.07) is 4.26. The largest absolute Gasteiger partial charge is 0.368 e. The van der Waals surface area contributed by atoms with E-state index in [2.05, 4.69) is 10.2 Å². The first-order chi connectivity index (χ1) is 15.9. The number of rotatable bonds is 2. The molecular formula is C23H27N5O5. The summed E-state index contributed by atoms with van der Waals surface area (Å²) in [5.74, 6) is -2.03. The topological polar surface area (TPSA) is 110 Å². The number of hydrogen-bond donors (Lipinski definition) is 1. The van der Waals surface area contributed by atoms with E-state index in [-0.39, 0.29) is 30.0 Å².